The molecule has 0 radical (unpaired) electrons. The minimum Gasteiger partial charge on any atom is -0.483 e. The van der Waals surface area contributed by atoms with Gasteiger partial charge in [0, 0.05) is 19.1 Å². The number of ether oxygens (including phenoxy) is 1. The van der Waals surface area contributed by atoms with Crippen molar-refractivity contribution in [3.63, 3.8) is 0 Å². The smallest absolute Gasteiger partial charge is 0.258 e. The van der Waals surface area contributed by atoms with Gasteiger partial charge in [-0.25, -0.2) is 0 Å². The summed E-state index contributed by atoms with van der Waals surface area (Å²) in [6.07, 6.45) is 4.43. The minimum absolute atomic E-state index is 0.00153. The van der Waals surface area contributed by atoms with Crippen molar-refractivity contribution >= 4 is 11.8 Å². The van der Waals surface area contributed by atoms with Crippen LogP contribution in [0.4, 0.5) is 0 Å². The molecular weight excluding hydrogens is 332 g/mol. The first-order chi connectivity index (χ1) is 12.5. The summed E-state index contributed by atoms with van der Waals surface area (Å²) in [7, 11) is 0. The van der Waals surface area contributed by atoms with Crippen molar-refractivity contribution in [1.82, 2.24) is 10.2 Å². The fourth-order valence-electron chi connectivity index (χ4n) is 3.07. The number of likely N-dealkylation sites (tertiary alicyclic amines) is 1. The molecule has 2 aromatic rings. The highest BCUT2D eigenvalue weighted by atomic mass is 16.5. The van der Waals surface area contributed by atoms with Crippen LogP contribution in [0.2, 0.25) is 0 Å². The number of hydrogen-bond donors (Lipinski definition) is 1. The summed E-state index contributed by atoms with van der Waals surface area (Å²) in [6.45, 7) is 5.18. The number of aryl methyl sites for hydroxylation is 2. The Balaban J connectivity index is 1.43. The molecule has 0 bridgehead atoms. The number of benzene rings is 1. The van der Waals surface area contributed by atoms with Gasteiger partial charge in [0.2, 0.25) is 0 Å². The third-order valence-electron chi connectivity index (χ3n) is 4.62. The summed E-state index contributed by atoms with van der Waals surface area (Å²) in [5.41, 5.74) is 2.67. The van der Waals surface area contributed by atoms with Gasteiger partial charge in [-0.15, -0.1) is 0 Å². The molecule has 0 saturated carbocycles. The number of nitrogens with zero attached hydrogens (tertiary/aromatic N) is 1. The summed E-state index contributed by atoms with van der Waals surface area (Å²) in [5.74, 6) is 0.577. The normalized spacial score (nSPS) is 14.9. The zero-order chi connectivity index (χ0) is 18.5. The van der Waals surface area contributed by atoms with Crippen LogP contribution in [0, 0.1) is 13.8 Å². The molecule has 1 aliphatic heterocycles. The number of piperidine rings is 1. The first-order valence-corrected chi connectivity index (χ1v) is 8.84. The Hall–Kier alpha value is -2.76. The maximum absolute atomic E-state index is 12.3. The summed E-state index contributed by atoms with van der Waals surface area (Å²) in [4.78, 5) is 26.2. The van der Waals surface area contributed by atoms with E-state index in [1.807, 2.05) is 32.0 Å². The molecule has 1 N–H and O–H groups in total. The molecule has 1 aliphatic rings. The van der Waals surface area contributed by atoms with E-state index in [1.54, 1.807) is 11.0 Å². The third kappa shape index (κ3) is 4.45. The summed E-state index contributed by atoms with van der Waals surface area (Å²) >= 11 is 0. The van der Waals surface area contributed by atoms with Gasteiger partial charge in [-0.3, -0.25) is 9.59 Å². The van der Waals surface area contributed by atoms with Crippen LogP contribution >= 0.6 is 0 Å². The SMILES string of the molecule is Cc1ccc(C)c(OCC(=O)NC2CCN(C(=O)c3ccoc3)CC2)c1. The molecule has 0 aliphatic carbocycles. The van der Waals surface area contributed by atoms with E-state index in [-0.39, 0.29) is 24.5 Å². The molecule has 0 spiro atoms. The molecule has 0 atom stereocenters. The highest BCUT2D eigenvalue weighted by molar-refractivity contribution is 5.93. The molecule has 3 rings (SSSR count). The lowest BCUT2D eigenvalue weighted by Gasteiger charge is -2.32. The van der Waals surface area contributed by atoms with E-state index in [9.17, 15) is 9.59 Å². The van der Waals surface area contributed by atoms with E-state index in [0.717, 1.165) is 29.7 Å². The molecule has 1 aromatic carbocycles. The lowest BCUT2D eigenvalue weighted by atomic mass is 10.0. The molecule has 138 valence electrons. The predicted octanol–water partition coefficient (Wildman–Crippen LogP) is 2.70. The topological polar surface area (TPSA) is 71.8 Å². The molecule has 1 aromatic heterocycles. The molecule has 2 heterocycles. The van der Waals surface area contributed by atoms with Crippen molar-refractivity contribution in [3.8, 4) is 5.75 Å². The highest BCUT2D eigenvalue weighted by Crippen LogP contribution is 2.19. The maximum Gasteiger partial charge on any atom is 0.258 e. The molecule has 6 nitrogen and oxygen atoms in total. The van der Waals surface area contributed by atoms with E-state index in [4.69, 9.17) is 9.15 Å². The molecule has 0 unspecified atom stereocenters. The quantitative estimate of drug-likeness (QED) is 0.894. The van der Waals surface area contributed by atoms with Crippen molar-refractivity contribution in [1.29, 1.82) is 0 Å². The van der Waals surface area contributed by atoms with Crippen LogP contribution in [0.3, 0.4) is 0 Å². The molecule has 1 fully saturated rings. The maximum atomic E-state index is 12.3. The fraction of sp³-hybridized carbons (Fsp3) is 0.400. The largest absolute Gasteiger partial charge is 0.483 e. The molecule has 1 saturated heterocycles. The summed E-state index contributed by atoms with van der Waals surface area (Å²) in [5, 5.41) is 3.00. The fourth-order valence-corrected chi connectivity index (χ4v) is 3.07. The summed E-state index contributed by atoms with van der Waals surface area (Å²) < 4.78 is 10.6. The van der Waals surface area contributed by atoms with Crippen LogP contribution in [0.1, 0.15) is 34.3 Å². The average Bonchev–Trinajstić information content (AvgIpc) is 3.17. The van der Waals surface area contributed by atoms with Crippen molar-refractivity contribution in [2.24, 2.45) is 0 Å². The second-order valence-electron chi connectivity index (χ2n) is 6.70. The molecule has 26 heavy (non-hydrogen) atoms. The zero-order valence-corrected chi connectivity index (χ0v) is 15.2. The predicted molar refractivity (Wildman–Crippen MR) is 97.2 cm³/mol. The van der Waals surface area contributed by atoms with Gasteiger partial charge in [-0.05, 0) is 49.9 Å². The lowest BCUT2D eigenvalue weighted by molar-refractivity contribution is -0.124. The Morgan fingerprint density at radius 1 is 1.23 bits per heavy atom. The third-order valence-corrected chi connectivity index (χ3v) is 4.62. The number of furan rings is 1. The van der Waals surface area contributed by atoms with E-state index >= 15 is 0 Å². The monoisotopic (exact) mass is 356 g/mol. The molecular formula is C20H24N2O4. The Kier molecular flexibility index (Phi) is 5.61. The molecule has 6 heteroatoms. The number of amides is 2. The van der Waals surface area contributed by atoms with Gasteiger partial charge >= 0.3 is 0 Å². The van der Waals surface area contributed by atoms with Gasteiger partial charge in [0.05, 0.1) is 11.8 Å². The van der Waals surface area contributed by atoms with E-state index in [2.05, 4.69) is 5.32 Å². The number of hydrogen-bond acceptors (Lipinski definition) is 4. The van der Waals surface area contributed by atoms with Crippen molar-refractivity contribution in [2.45, 2.75) is 32.7 Å². The highest BCUT2D eigenvalue weighted by Gasteiger charge is 2.25. The van der Waals surface area contributed by atoms with Gasteiger partial charge in [0.25, 0.3) is 11.8 Å². The van der Waals surface area contributed by atoms with Crippen LogP contribution in [0.25, 0.3) is 0 Å². The lowest BCUT2D eigenvalue weighted by Crippen LogP contribution is -2.47. The van der Waals surface area contributed by atoms with Crippen LogP contribution in [-0.4, -0.2) is 42.5 Å². The average molecular weight is 356 g/mol. The number of rotatable bonds is 5. The van der Waals surface area contributed by atoms with Gasteiger partial charge in [0.1, 0.15) is 12.0 Å². The molecule has 2 amide bonds. The number of nitrogens with one attached hydrogen (secondary N) is 1. The first-order valence-electron chi connectivity index (χ1n) is 8.84. The van der Waals surface area contributed by atoms with Crippen LogP contribution < -0.4 is 10.1 Å². The van der Waals surface area contributed by atoms with Crippen molar-refractivity contribution < 1.29 is 18.7 Å². The summed E-state index contributed by atoms with van der Waals surface area (Å²) in [6, 6.07) is 7.66. The second kappa shape index (κ2) is 8.08. The first kappa shape index (κ1) is 18.0. The Labute approximate surface area is 153 Å². The number of carbonyl (C=O) groups excluding carboxylic acids is 2. The standard InChI is InChI=1S/C20H24N2O4/c1-14-3-4-15(2)18(11-14)26-13-19(23)21-17-5-8-22(9-6-17)20(24)16-7-10-25-12-16/h3-4,7,10-12,17H,5-6,8-9,13H2,1-2H3,(H,21,23). The van der Waals surface area contributed by atoms with Gasteiger partial charge in [0.15, 0.2) is 6.61 Å². The van der Waals surface area contributed by atoms with Crippen LogP contribution in [0.5, 0.6) is 5.75 Å². The van der Waals surface area contributed by atoms with Crippen molar-refractivity contribution in [3.05, 3.63) is 53.5 Å². The Bertz CT molecular complexity index is 762. The van der Waals surface area contributed by atoms with Gasteiger partial charge < -0.3 is 19.4 Å². The van der Waals surface area contributed by atoms with Crippen LogP contribution in [0.15, 0.2) is 41.2 Å². The van der Waals surface area contributed by atoms with E-state index in [0.29, 0.717) is 18.7 Å². The van der Waals surface area contributed by atoms with Crippen molar-refractivity contribution in [2.75, 3.05) is 19.7 Å². The number of carbonyl (C=O) groups is 2. The van der Waals surface area contributed by atoms with Gasteiger partial charge in [-0.1, -0.05) is 12.1 Å². The Morgan fingerprint density at radius 2 is 2.00 bits per heavy atom. The zero-order valence-electron chi connectivity index (χ0n) is 15.2. The van der Waals surface area contributed by atoms with Gasteiger partial charge in [-0.2, -0.15) is 0 Å². The van der Waals surface area contributed by atoms with Crippen LogP contribution in [-0.2, 0) is 4.79 Å². The Morgan fingerprint density at radius 3 is 2.69 bits per heavy atom. The second-order valence-corrected chi connectivity index (χ2v) is 6.70. The van der Waals surface area contributed by atoms with E-state index in [1.165, 1.54) is 12.5 Å². The minimum atomic E-state index is -0.134. The van der Waals surface area contributed by atoms with E-state index < -0.39 is 0 Å².